The Morgan fingerprint density at radius 1 is 0.966 bits per heavy atom. The second-order valence-corrected chi connectivity index (χ2v) is 7.22. The molecule has 1 amide bonds. The highest BCUT2D eigenvalue weighted by atomic mass is 35.5. The quantitative estimate of drug-likeness (QED) is 0.506. The number of halogens is 1. The van der Waals surface area contributed by atoms with Crippen LogP contribution in [-0.4, -0.2) is 12.5 Å². The topological polar surface area (TPSA) is 47.6 Å². The molecule has 5 heteroatoms. The van der Waals surface area contributed by atoms with Gasteiger partial charge in [0.2, 0.25) is 0 Å². The number of amides is 1. The van der Waals surface area contributed by atoms with E-state index >= 15 is 0 Å². The molecule has 3 aromatic carbocycles. The molecule has 0 radical (unpaired) electrons. The number of carbonyl (C=O) groups excluding carboxylic acids is 1. The number of carbonyl (C=O) groups is 1. The zero-order valence-electron chi connectivity index (χ0n) is 16.8. The molecule has 0 fully saturated rings. The first-order valence-electron chi connectivity index (χ1n) is 9.49. The maximum absolute atomic E-state index is 12.7. The van der Waals surface area contributed by atoms with Gasteiger partial charge in [0, 0.05) is 11.3 Å². The van der Waals surface area contributed by atoms with Crippen LogP contribution in [0.15, 0.2) is 60.7 Å². The summed E-state index contributed by atoms with van der Waals surface area (Å²) in [6.45, 7) is 6.67. The van der Waals surface area contributed by atoms with Crippen LogP contribution >= 0.6 is 11.6 Å². The normalized spacial score (nSPS) is 10.5. The molecular formula is C24H24ClNO3. The molecule has 4 nitrogen and oxygen atoms in total. The summed E-state index contributed by atoms with van der Waals surface area (Å²) in [6.07, 6.45) is 0. The Kier molecular flexibility index (Phi) is 6.78. The van der Waals surface area contributed by atoms with Gasteiger partial charge in [0.15, 0.2) is 11.5 Å². The standard InChI is InChI=1S/C24H24ClNO3/c1-4-28-22-14-19(24(27)26-20-7-5-6-17(3)12-20)13-21(25)23(22)29-15-18-10-8-16(2)9-11-18/h5-14H,4,15H2,1-3H3,(H,26,27). The maximum atomic E-state index is 12.7. The van der Waals surface area contributed by atoms with Crippen molar-refractivity contribution in [1.82, 2.24) is 0 Å². The first-order valence-corrected chi connectivity index (χ1v) is 9.86. The van der Waals surface area contributed by atoms with Gasteiger partial charge in [-0.25, -0.2) is 0 Å². The smallest absolute Gasteiger partial charge is 0.255 e. The summed E-state index contributed by atoms with van der Waals surface area (Å²) in [5, 5.41) is 3.22. The van der Waals surface area contributed by atoms with Crippen LogP contribution in [0.3, 0.4) is 0 Å². The van der Waals surface area contributed by atoms with Crippen LogP contribution < -0.4 is 14.8 Å². The molecule has 0 atom stereocenters. The van der Waals surface area contributed by atoms with E-state index in [2.05, 4.69) is 5.32 Å². The van der Waals surface area contributed by atoms with E-state index in [1.165, 1.54) is 5.56 Å². The van der Waals surface area contributed by atoms with Crippen molar-refractivity contribution in [3.05, 3.63) is 87.9 Å². The summed E-state index contributed by atoms with van der Waals surface area (Å²) < 4.78 is 11.6. The molecule has 0 bridgehead atoms. The zero-order chi connectivity index (χ0) is 20.8. The Morgan fingerprint density at radius 2 is 1.72 bits per heavy atom. The predicted octanol–water partition coefficient (Wildman–Crippen LogP) is 6.19. The highest BCUT2D eigenvalue weighted by molar-refractivity contribution is 6.32. The average molecular weight is 410 g/mol. The molecule has 0 aromatic heterocycles. The molecule has 29 heavy (non-hydrogen) atoms. The summed E-state index contributed by atoms with van der Waals surface area (Å²) >= 11 is 6.45. The van der Waals surface area contributed by atoms with Crippen LogP contribution in [0.2, 0.25) is 5.02 Å². The molecule has 0 aliphatic heterocycles. The number of benzene rings is 3. The number of hydrogen-bond donors (Lipinski definition) is 1. The Labute approximate surface area is 176 Å². The summed E-state index contributed by atoms with van der Waals surface area (Å²) in [5.41, 5.74) is 4.41. The van der Waals surface area contributed by atoms with E-state index in [0.29, 0.717) is 35.3 Å². The monoisotopic (exact) mass is 409 g/mol. The van der Waals surface area contributed by atoms with Gasteiger partial charge in [0.05, 0.1) is 11.6 Å². The fraction of sp³-hybridized carbons (Fsp3) is 0.208. The Morgan fingerprint density at radius 3 is 2.41 bits per heavy atom. The molecule has 0 aliphatic carbocycles. The van der Waals surface area contributed by atoms with Crippen LogP contribution in [0.1, 0.15) is 34.0 Å². The van der Waals surface area contributed by atoms with Crippen molar-refractivity contribution in [1.29, 1.82) is 0 Å². The minimum absolute atomic E-state index is 0.261. The SMILES string of the molecule is CCOc1cc(C(=O)Nc2cccc(C)c2)cc(Cl)c1OCc1ccc(C)cc1. The average Bonchev–Trinajstić information content (AvgIpc) is 2.68. The molecule has 1 N–H and O–H groups in total. The Bertz CT molecular complexity index is 1000. The lowest BCUT2D eigenvalue weighted by atomic mass is 10.1. The number of aryl methyl sites for hydroxylation is 2. The van der Waals surface area contributed by atoms with Crippen LogP contribution in [0.5, 0.6) is 11.5 Å². The molecular weight excluding hydrogens is 386 g/mol. The fourth-order valence-corrected chi connectivity index (χ4v) is 3.13. The largest absolute Gasteiger partial charge is 0.490 e. The third kappa shape index (κ3) is 5.52. The van der Waals surface area contributed by atoms with E-state index in [0.717, 1.165) is 16.8 Å². The molecule has 3 rings (SSSR count). The summed E-state index contributed by atoms with van der Waals surface area (Å²) in [5.74, 6) is 0.617. The summed E-state index contributed by atoms with van der Waals surface area (Å²) in [6, 6.07) is 18.9. The molecule has 3 aromatic rings. The Hall–Kier alpha value is -2.98. The minimum Gasteiger partial charge on any atom is -0.490 e. The van der Waals surface area contributed by atoms with E-state index in [-0.39, 0.29) is 5.91 Å². The predicted molar refractivity (Wildman–Crippen MR) is 117 cm³/mol. The highest BCUT2D eigenvalue weighted by Crippen LogP contribution is 2.37. The van der Waals surface area contributed by atoms with Crippen molar-refractivity contribution in [2.75, 3.05) is 11.9 Å². The molecule has 0 saturated carbocycles. The number of ether oxygens (including phenoxy) is 2. The van der Waals surface area contributed by atoms with Crippen molar-refractivity contribution in [2.24, 2.45) is 0 Å². The van der Waals surface area contributed by atoms with Crippen molar-refractivity contribution < 1.29 is 14.3 Å². The minimum atomic E-state index is -0.261. The van der Waals surface area contributed by atoms with Crippen molar-refractivity contribution >= 4 is 23.2 Å². The van der Waals surface area contributed by atoms with E-state index in [4.69, 9.17) is 21.1 Å². The Balaban J connectivity index is 1.81. The lowest BCUT2D eigenvalue weighted by molar-refractivity contribution is 0.102. The molecule has 150 valence electrons. The van der Waals surface area contributed by atoms with Gasteiger partial charge in [-0.3, -0.25) is 4.79 Å². The van der Waals surface area contributed by atoms with Crippen LogP contribution in [0, 0.1) is 13.8 Å². The number of nitrogens with one attached hydrogen (secondary N) is 1. The van der Waals surface area contributed by atoms with E-state index in [9.17, 15) is 4.79 Å². The summed E-state index contributed by atoms with van der Waals surface area (Å²) in [7, 11) is 0. The highest BCUT2D eigenvalue weighted by Gasteiger charge is 2.17. The molecule has 0 heterocycles. The van der Waals surface area contributed by atoms with Gasteiger partial charge in [-0.1, -0.05) is 53.6 Å². The van der Waals surface area contributed by atoms with Gasteiger partial charge >= 0.3 is 0 Å². The van der Waals surface area contributed by atoms with Crippen LogP contribution in [0.4, 0.5) is 5.69 Å². The third-order valence-electron chi connectivity index (χ3n) is 4.35. The van der Waals surface area contributed by atoms with E-state index < -0.39 is 0 Å². The van der Waals surface area contributed by atoms with Gasteiger partial charge < -0.3 is 14.8 Å². The molecule has 0 unspecified atom stereocenters. The van der Waals surface area contributed by atoms with Gasteiger partial charge in [-0.2, -0.15) is 0 Å². The van der Waals surface area contributed by atoms with Gasteiger partial charge in [-0.15, -0.1) is 0 Å². The second kappa shape index (κ2) is 9.48. The molecule has 0 spiro atoms. The van der Waals surface area contributed by atoms with Crippen molar-refractivity contribution in [2.45, 2.75) is 27.4 Å². The first-order chi connectivity index (χ1) is 14.0. The van der Waals surface area contributed by atoms with Crippen molar-refractivity contribution in [3.8, 4) is 11.5 Å². The number of anilines is 1. The second-order valence-electron chi connectivity index (χ2n) is 6.82. The van der Waals surface area contributed by atoms with Gasteiger partial charge in [0.1, 0.15) is 6.61 Å². The lowest BCUT2D eigenvalue weighted by Gasteiger charge is -2.15. The van der Waals surface area contributed by atoms with Crippen LogP contribution in [-0.2, 0) is 6.61 Å². The molecule has 0 aliphatic rings. The van der Waals surface area contributed by atoms with Crippen LogP contribution in [0.25, 0.3) is 0 Å². The summed E-state index contributed by atoms with van der Waals surface area (Å²) in [4.78, 5) is 12.7. The number of rotatable bonds is 7. The van der Waals surface area contributed by atoms with E-state index in [1.807, 2.05) is 69.3 Å². The fourth-order valence-electron chi connectivity index (χ4n) is 2.87. The van der Waals surface area contributed by atoms with Gasteiger partial charge in [-0.05, 0) is 56.2 Å². The zero-order valence-corrected chi connectivity index (χ0v) is 17.5. The number of hydrogen-bond acceptors (Lipinski definition) is 3. The van der Waals surface area contributed by atoms with Crippen molar-refractivity contribution in [3.63, 3.8) is 0 Å². The first kappa shape index (κ1) is 20.7. The molecule has 0 saturated heterocycles. The van der Waals surface area contributed by atoms with Gasteiger partial charge in [0.25, 0.3) is 5.91 Å². The third-order valence-corrected chi connectivity index (χ3v) is 4.63. The lowest BCUT2D eigenvalue weighted by Crippen LogP contribution is -2.12. The van der Waals surface area contributed by atoms with E-state index in [1.54, 1.807) is 12.1 Å². The maximum Gasteiger partial charge on any atom is 0.255 e.